The number of pyridine rings is 1. The van der Waals surface area contributed by atoms with Gasteiger partial charge < -0.3 is 14.2 Å². The Bertz CT molecular complexity index is 780. The predicted octanol–water partition coefficient (Wildman–Crippen LogP) is 1.73. The maximum Gasteiger partial charge on any atom is 0.271 e. The molecule has 0 unspecified atom stereocenters. The normalized spacial score (nSPS) is 14.0. The minimum absolute atomic E-state index is 0.148. The molecule has 22 heavy (non-hydrogen) atoms. The first-order valence-electron chi connectivity index (χ1n) is 7.24. The van der Waals surface area contributed by atoms with Crippen LogP contribution < -0.4 is 10.2 Å². The summed E-state index contributed by atoms with van der Waals surface area (Å²) in [7, 11) is 1.80. The lowest BCUT2D eigenvalue weighted by molar-refractivity contribution is 0.0722. The van der Waals surface area contributed by atoms with Crippen LogP contribution in [0.5, 0.6) is 5.75 Å². The van der Waals surface area contributed by atoms with Crippen LogP contribution in [0.25, 0.3) is 0 Å². The smallest absolute Gasteiger partial charge is 0.271 e. The molecule has 1 amide bonds. The summed E-state index contributed by atoms with van der Waals surface area (Å²) in [6.45, 7) is 3.24. The van der Waals surface area contributed by atoms with Crippen molar-refractivity contribution in [2.75, 3.05) is 13.2 Å². The molecule has 3 rings (SSSR count). The van der Waals surface area contributed by atoms with E-state index in [1.165, 1.54) is 12.1 Å². The quantitative estimate of drug-likeness (QED) is 0.805. The number of carbonyl (C=O) groups is 1. The Morgan fingerprint density at radius 3 is 2.82 bits per heavy atom. The molecule has 0 saturated heterocycles. The minimum Gasteiger partial charge on any atom is -0.491 e. The molecule has 0 radical (unpaired) electrons. The number of nitrogens with zero attached hydrogens (tertiary/aromatic N) is 2. The van der Waals surface area contributed by atoms with Gasteiger partial charge in [-0.3, -0.25) is 9.59 Å². The van der Waals surface area contributed by atoms with Crippen LogP contribution in [-0.2, 0) is 13.6 Å². The Hall–Kier alpha value is -2.56. The van der Waals surface area contributed by atoms with E-state index >= 15 is 0 Å². The Kier molecular flexibility index (Phi) is 3.71. The third kappa shape index (κ3) is 2.62. The van der Waals surface area contributed by atoms with Gasteiger partial charge in [0.15, 0.2) is 5.43 Å². The summed E-state index contributed by atoms with van der Waals surface area (Å²) in [6.07, 6.45) is 0. The first kappa shape index (κ1) is 14.4. The number of benzene rings is 1. The van der Waals surface area contributed by atoms with E-state index in [0.717, 1.165) is 17.0 Å². The Morgan fingerprint density at radius 1 is 1.23 bits per heavy atom. The Labute approximate surface area is 128 Å². The predicted molar refractivity (Wildman–Crippen MR) is 83.1 cm³/mol. The van der Waals surface area contributed by atoms with E-state index in [2.05, 4.69) is 0 Å². The van der Waals surface area contributed by atoms with Gasteiger partial charge >= 0.3 is 0 Å². The van der Waals surface area contributed by atoms with Crippen molar-refractivity contribution in [1.82, 2.24) is 9.47 Å². The molecule has 1 aliphatic rings. The summed E-state index contributed by atoms with van der Waals surface area (Å²) in [6, 6.07) is 10.6. The molecule has 0 spiro atoms. The molecule has 2 aromatic rings. The molecule has 1 aromatic heterocycles. The second-order valence-corrected chi connectivity index (χ2v) is 5.46. The van der Waals surface area contributed by atoms with Gasteiger partial charge in [-0.2, -0.15) is 0 Å². The largest absolute Gasteiger partial charge is 0.491 e. The van der Waals surface area contributed by atoms with Gasteiger partial charge in [-0.25, -0.2) is 0 Å². The highest BCUT2D eigenvalue weighted by Gasteiger charge is 2.22. The number of fused-ring (bicyclic) bond motifs is 1. The standard InChI is InChI=1S/C17H18N2O3/c1-12-9-14(20)10-15(18(12)2)17(21)19-7-8-22-16-6-4-3-5-13(16)11-19/h3-6,9-10H,7-8,11H2,1-2H3. The van der Waals surface area contributed by atoms with Gasteiger partial charge in [-0.1, -0.05) is 18.2 Å². The number of carbonyl (C=O) groups excluding carboxylic acids is 1. The summed E-state index contributed by atoms with van der Waals surface area (Å²) in [5, 5.41) is 0. The number of amides is 1. The van der Waals surface area contributed by atoms with Gasteiger partial charge in [0.2, 0.25) is 0 Å². The zero-order valence-electron chi connectivity index (χ0n) is 12.7. The molecular weight excluding hydrogens is 280 g/mol. The molecule has 114 valence electrons. The van der Waals surface area contributed by atoms with Crippen LogP contribution in [0, 0.1) is 6.92 Å². The minimum atomic E-state index is -0.149. The monoisotopic (exact) mass is 298 g/mol. The van der Waals surface area contributed by atoms with Crippen LogP contribution in [0.1, 0.15) is 21.7 Å². The van der Waals surface area contributed by atoms with Crippen molar-refractivity contribution in [3.8, 4) is 5.75 Å². The van der Waals surface area contributed by atoms with E-state index in [1.807, 2.05) is 31.2 Å². The van der Waals surface area contributed by atoms with Crippen molar-refractivity contribution in [3.05, 3.63) is 63.6 Å². The van der Waals surface area contributed by atoms with Crippen molar-refractivity contribution in [2.24, 2.45) is 7.05 Å². The molecule has 0 atom stereocenters. The van der Waals surface area contributed by atoms with Crippen LogP contribution in [0.4, 0.5) is 0 Å². The van der Waals surface area contributed by atoms with Crippen LogP contribution in [0.15, 0.2) is 41.2 Å². The number of aromatic nitrogens is 1. The van der Waals surface area contributed by atoms with Crippen LogP contribution in [0.2, 0.25) is 0 Å². The molecule has 0 bridgehead atoms. The van der Waals surface area contributed by atoms with Gasteiger partial charge in [-0.15, -0.1) is 0 Å². The molecule has 5 nitrogen and oxygen atoms in total. The average Bonchev–Trinajstić information content (AvgIpc) is 2.72. The van der Waals surface area contributed by atoms with E-state index in [1.54, 1.807) is 16.5 Å². The number of aryl methyl sites for hydroxylation is 1. The fourth-order valence-corrected chi connectivity index (χ4v) is 2.63. The van der Waals surface area contributed by atoms with Crippen molar-refractivity contribution < 1.29 is 9.53 Å². The summed E-state index contributed by atoms with van der Waals surface area (Å²) in [4.78, 5) is 26.2. The highest BCUT2D eigenvalue weighted by molar-refractivity contribution is 5.92. The third-order valence-electron chi connectivity index (χ3n) is 3.98. The highest BCUT2D eigenvalue weighted by Crippen LogP contribution is 2.23. The lowest BCUT2D eigenvalue weighted by Crippen LogP contribution is -2.35. The summed E-state index contributed by atoms with van der Waals surface area (Å²) in [5.74, 6) is 0.666. The van der Waals surface area contributed by atoms with Gasteiger partial charge in [0.1, 0.15) is 18.1 Å². The van der Waals surface area contributed by atoms with Crippen molar-refractivity contribution in [2.45, 2.75) is 13.5 Å². The topological polar surface area (TPSA) is 51.5 Å². The second-order valence-electron chi connectivity index (χ2n) is 5.46. The maximum atomic E-state index is 12.8. The Balaban J connectivity index is 1.95. The van der Waals surface area contributed by atoms with E-state index in [0.29, 0.717) is 25.4 Å². The lowest BCUT2D eigenvalue weighted by atomic mass is 10.2. The van der Waals surface area contributed by atoms with E-state index < -0.39 is 0 Å². The number of para-hydroxylation sites is 1. The number of rotatable bonds is 1. The van der Waals surface area contributed by atoms with Crippen molar-refractivity contribution >= 4 is 5.91 Å². The molecule has 0 fully saturated rings. The zero-order chi connectivity index (χ0) is 15.7. The van der Waals surface area contributed by atoms with E-state index in [-0.39, 0.29) is 11.3 Å². The van der Waals surface area contributed by atoms with Crippen LogP contribution in [0.3, 0.4) is 0 Å². The first-order valence-corrected chi connectivity index (χ1v) is 7.24. The van der Waals surface area contributed by atoms with Gasteiger partial charge in [0.05, 0.1) is 6.54 Å². The van der Waals surface area contributed by atoms with Crippen LogP contribution in [-0.4, -0.2) is 28.5 Å². The third-order valence-corrected chi connectivity index (χ3v) is 3.98. The van der Waals surface area contributed by atoms with E-state index in [9.17, 15) is 9.59 Å². The SMILES string of the molecule is Cc1cc(=O)cc(C(=O)N2CCOc3ccccc3C2)n1C. The number of hydrogen-bond donors (Lipinski definition) is 0. The first-order chi connectivity index (χ1) is 10.6. The van der Waals surface area contributed by atoms with Crippen molar-refractivity contribution in [1.29, 1.82) is 0 Å². The van der Waals surface area contributed by atoms with Crippen molar-refractivity contribution in [3.63, 3.8) is 0 Å². The molecule has 2 heterocycles. The second kappa shape index (κ2) is 5.67. The summed E-state index contributed by atoms with van der Waals surface area (Å²) < 4.78 is 7.43. The summed E-state index contributed by atoms with van der Waals surface area (Å²) in [5.41, 5.74) is 2.00. The van der Waals surface area contributed by atoms with Gasteiger partial charge in [0.25, 0.3) is 5.91 Å². The molecule has 0 aliphatic carbocycles. The number of hydrogen-bond acceptors (Lipinski definition) is 3. The molecule has 1 aliphatic heterocycles. The molecule has 0 saturated carbocycles. The lowest BCUT2D eigenvalue weighted by Gasteiger charge is -2.22. The molecular formula is C17H18N2O3. The fourth-order valence-electron chi connectivity index (χ4n) is 2.63. The molecule has 5 heteroatoms. The fraction of sp³-hybridized carbons (Fsp3) is 0.294. The summed E-state index contributed by atoms with van der Waals surface area (Å²) >= 11 is 0. The Morgan fingerprint density at radius 2 is 2.00 bits per heavy atom. The molecule has 1 aromatic carbocycles. The van der Waals surface area contributed by atoms with Crippen LogP contribution >= 0.6 is 0 Å². The maximum absolute atomic E-state index is 12.8. The van der Waals surface area contributed by atoms with Gasteiger partial charge in [-0.05, 0) is 13.0 Å². The van der Waals surface area contributed by atoms with Gasteiger partial charge in [0, 0.05) is 37.0 Å². The molecule has 0 N–H and O–H groups in total. The number of ether oxygens (including phenoxy) is 1. The highest BCUT2D eigenvalue weighted by atomic mass is 16.5. The average molecular weight is 298 g/mol. The zero-order valence-corrected chi connectivity index (χ0v) is 12.7. The van der Waals surface area contributed by atoms with E-state index in [4.69, 9.17) is 4.74 Å².